The van der Waals surface area contributed by atoms with Gasteiger partial charge < -0.3 is 9.47 Å². The summed E-state index contributed by atoms with van der Waals surface area (Å²) in [7, 11) is 0. The minimum atomic E-state index is -1.37. The number of nitro groups is 1. The molecule has 0 heterocycles. The standard InChI is InChI=1S/C17H25NO5/c1-5-22-17(4,23-6-2)16(19)12-15(13(3)18(20)21)14-10-8-7-9-11-14/h7-11,13,15H,5-6,12H2,1-4H3/t13-,15-/m0/s1. The maximum Gasteiger partial charge on any atom is 0.225 e. The Morgan fingerprint density at radius 3 is 2.17 bits per heavy atom. The molecule has 0 saturated heterocycles. The topological polar surface area (TPSA) is 78.7 Å². The van der Waals surface area contributed by atoms with Gasteiger partial charge in [-0.05, 0) is 26.3 Å². The van der Waals surface area contributed by atoms with Gasteiger partial charge in [-0.2, -0.15) is 0 Å². The van der Waals surface area contributed by atoms with Gasteiger partial charge in [0.25, 0.3) is 0 Å². The molecule has 1 rings (SSSR count). The van der Waals surface area contributed by atoms with E-state index in [9.17, 15) is 14.9 Å². The van der Waals surface area contributed by atoms with Gasteiger partial charge in [0.1, 0.15) is 0 Å². The third kappa shape index (κ3) is 5.11. The van der Waals surface area contributed by atoms with E-state index in [2.05, 4.69) is 0 Å². The SMILES string of the molecule is CCOC(C)(OCC)C(=O)C[C@H](c1ccccc1)[C@H](C)[N+](=O)[O-]. The molecule has 0 aliphatic rings. The zero-order chi connectivity index (χ0) is 17.5. The molecule has 0 radical (unpaired) electrons. The van der Waals surface area contributed by atoms with E-state index in [1.807, 2.05) is 18.2 Å². The molecule has 23 heavy (non-hydrogen) atoms. The molecular weight excluding hydrogens is 298 g/mol. The molecule has 0 aromatic heterocycles. The fourth-order valence-corrected chi connectivity index (χ4v) is 2.55. The number of carbonyl (C=O) groups excluding carboxylic acids is 1. The second-order valence-electron chi connectivity index (χ2n) is 5.48. The summed E-state index contributed by atoms with van der Waals surface area (Å²) in [5.74, 6) is -2.19. The molecule has 128 valence electrons. The van der Waals surface area contributed by atoms with Crippen LogP contribution in [0, 0.1) is 10.1 Å². The van der Waals surface area contributed by atoms with Crippen molar-refractivity contribution in [3.63, 3.8) is 0 Å². The Kier molecular flexibility index (Phi) is 7.32. The monoisotopic (exact) mass is 323 g/mol. The molecule has 6 nitrogen and oxygen atoms in total. The number of ether oxygens (including phenoxy) is 2. The number of Topliss-reactive ketones (excluding diaryl/α,β-unsaturated/α-hetero) is 1. The highest BCUT2D eigenvalue weighted by molar-refractivity contribution is 5.86. The zero-order valence-electron chi connectivity index (χ0n) is 14.2. The summed E-state index contributed by atoms with van der Waals surface area (Å²) < 4.78 is 10.9. The van der Waals surface area contributed by atoms with Gasteiger partial charge in [-0.3, -0.25) is 14.9 Å². The Bertz CT molecular complexity index is 511. The summed E-state index contributed by atoms with van der Waals surface area (Å²) >= 11 is 0. The number of benzene rings is 1. The Balaban J connectivity index is 3.05. The van der Waals surface area contributed by atoms with Crippen LogP contribution in [0.5, 0.6) is 0 Å². The highest BCUT2D eigenvalue weighted by atomic mass is 16.7. The van der Waals surface area contributed by atoms with Gasteiger partial charge in [0.05, 0.1) is 5.92 Å². The number of nitrogens with zero attached hydrogens (tertiary/aromatic N) is 1. The van der Waals surface area contributed by atoms with Crippen LogP contribution in [0.2, 0.25) is 0 Å². The molecule has 0 amide bonds. The smallest absolute Gasteiger partial charge is 0.225 e. The largest absolute Gasteiger partial charge is 0.344 e. The van der Waals surface area contributed by atoms with Crippen LogP contribution in [0.15, 0.2) is 30.3 Å². The van der Waals surface area contributed by atoms with Crippen LogP contribution in [-0.2, 0) is 14.3 Å². The first-order chi connectivity index (χ1) is 10.9. The molecule has 0 saturated carbocycles. The van der Waals surface area contributed by atoms with Crippen molar-refractivity contribution in [2.75, 3.05) is 13.2 Å². The maximum absolute atomic E-state index is 12.7. The molecule has 0 fully saturated rings. The summed E-state index contributed by atoms with van der Waals surface area (Å²) in [6, 6.07) is 8.18. The first-order valence-corrected chi connectivity index (χ1v) is 7.85. The molecule has 0 spiro atoms. The minimum absolute atomic E-state index is 0.0112. The molecule has 2 atom stereocenters. The molecule has 6 heteroatoms. The van der Waals surface area contributed by atoms with Crippen molar-refractivity contribution < 1.29 is 19.2 Å². The predicted molar refractivity (Wildman–Crippen MR) is 86.9 cm³/mol. The van der Waals surface area contributed by atoms with Gasteiger partial charge >= 0.3 is 0 Å². The lowest BCUT2D eigenvalue weighted by atomic mass is 9.86. The summed E-state index contributed by atoms with van der Waals surface area (Å²) in [6.45, 7) is 7.29. The second-order valence-corrected chi connectivity index (χ2v) is 5.48. The maximum atomic E-state index is 12.7. The van der Waals surface area contributed by atoms with Gasteiger partial charge in [-0.25, -0.2) is 0 Å². The van der Waals surface area contributed by atoms with Gasteiger partial charge in [-0.1, -0.05) is 30.3 Å². The summed E-state index contributed by atoms with van der Waals surface area (Å²) in [5.41, 5.74) is 0.764. The fraction of sp³-hybridized carbons (Fsp3) is 0.588. The lowest BCUT2D eigenvalue weighted by Gasteiger charge is -2.29. The number of carbonyl (C=O) groups is 1. The van der Waals surface area contributed by atoms with Gasteiger partial charge in [0, 0.05) is 31.5 Å². The highest BCUT2D eigenvalue weighted by Gasteiger charge is 2.39. The van der Waals surface area contributed by atoms with Crippen LogP contribution in [0.4, 0.5) is 0 Å². The Morgan fingerprint density at radius 1 is 1.22 bits per heavy atom. The van der Waals surface area contributed by atoms with Crippen LogP contribution in [0.25, 0.3) is 0 Å². The Morgan fingerprint density at radius 2 is 1.74 bits per heavy atom. The van der Waals surface area contributed by atoms with E-state index >= 15 is 0 Å². The van der Waals surface area contributed by atoms with Crippen molar-refractivity contribution >= 4 is 5.78 Å². The average molecular weight is 323 g/mol. The van der Waals surface area contributed by atoms with Crippen molar-refractivity contribution in [3.8, 4) is 0 Å². The first-order valence-electron chi connectivity index (χ1n) is 7.85. The van der Waals surface area contributed by atoms with Crippen LogP contribution in [-0.4, -0.2) is 35.7 Å². The molecule has 1 aromatic carbocycles. The third-order valence-corrected chi connectivity index (χ3v) is 3.89. The Labute approximate surface area is 136 Å². The van der Waals surface area contributed by atoms with E-state index in [0.717, 1.165) is 5.56 Å². The predicted octanol–water partition coefficient (Wildman–Crippen LogP) is 3.18. The number of ketones is 1. The van der Waals surface area contributed by atoms with Gasteiger partial charge in [-0.15, -0.1) is 0 Å². The van der Waals surface area contributed by atoms with Crippen molar-refractivity contribution in [3.05, 3.63) is 46.0 Å². The van der Waals surface area contributed by atoms with Crippen molar-refractivity contribution in [2.24, 2.45) is 0 Å². The lowest BCUT2D eigenvalue weighted by molar-refractivity contribution is -0.522. The lowest BCUT2D eigenvalue weighted by Crippen LogP contribution is -2.43. The van der Waals surface area contributed by atoms with E-state index in [1.165, 1.54) is 6.92 Å². The third-order valence-electron chi connectivity index (χ3n) is 3.89. The van der Waals surface area contributed by atoms with Crippen molar-refractivity contribution in [1.82, 2.24) is 0 Å². The van der Waals surface area contributed by atoms with Crippen LogP contribution in [0.1, 0.15) is 45.6 Å². The molecule has 0 bridgehead atoms. The molecule has 1 aromatic rings. The summed E-state index contributed by atoms with van der Waals surface area (Å²) in [5, 5.41) is 11.2. The Hall–Kier alpha value is -1.79. The van der Waals surface area contributed by atoms with Crippen LogP contribution >= 0.6 is 0 Å². The minimum Gasteiger partial charge on any atom is -0.344 e. The zero-order valence-corrected chi connectivity index (χ0v) is 14.2. The number of rotatable bonds is 10. The molecular formula is C17H25NO5. The van der Waals surface area contributed by atoms with Crippen molar-refractivity contribution in [2.45, 2.75) is 51.9 Å². The number of hydrogen-bond donors (Lipinski definition) is 0. The molecule has 0 aliphatic carbocycles. The van der Waals surface area contributed by atoms with E-state index in [-0.39, 0.29) is 17.1 Å². The van der Waals surface area contributed by atoms with E-state index < -0.39 is 17.7 Å². The van der Waals surface area contributed by atoms with Crippen molar-refractivity contribution in [1.29, 1.82) is 0 Å². The molecule has 0 unspecified atom stereocenters. The second kappa shape index (κ2) is 8.74. The van der Waals surface area contributed by atoms with E-state index in [1.54, 1.807) is 32.9 Å². The van der Waals surface area contributed by atoms with Crippen LogP contribution < -0.4 is 0 Å². The summed E-state index contributed by atoms with van der Waals surface area (Å²) in [4.78, 5) is 23.6. The van der Waals surface area contributed by atoms with E-state index in [4.69, 9.17) is 9.47 Å². The highest BCUT2D eigenvalue weighted by Crippen LogP contribution is 2.29. The van der Waals surface area contributed by atoms with E-state index in [0.29, 0.717) is 13.2 Å². The number of hydrogen-bond acceptors (Lipinski definition) is 5. The normalized spacial score (nSPS) is 14.3. The van der Waals surface area contributed by atoms with Gasteiger partial charge in [0.2, 0.25) is 11.8 Å². The molecule has 0 N–H and O–H groups in total. The average Bonchev–Trinajstić information content (AvgIpc) is 2.52. The summed E-state index contributed by atoms with van der Waals surface area (Å²) in [6.07, 6.45) is -0.0112. The van der Waals surface area contributed by atoms with Gasteiger partial charge in [0.15, 0.2) is 5.78 Å². The quantitative estimate of drug-likeness (QED) is 0.375. The molecule has 0 aliphatic heterocycles. The first kappa shape index (κ1) is 19.3. The van der Waals surface area contributed by atoms with Crippen LogP contribution in [0.3, 0.4) is 0 Å². The fourth-order valence-electron chi connectivity index (χ4n) is 2.55.